The van der Waals surface area contributed by atoms with Gasteiger partial charge in [-0.2, -0.15) is 0 Å². The molecule has 0 atom stereocenters. The Morgan fingerprint density at radius 1 is 1.11 bits per heavy atom. The first-order valence-electron chi connectivity index (χ1n) is 6.69. The Kier molecular flexibility index (Phi) is 5.40. The molecule has 0 aliphatic carbocycles. The Bertz CT molecular complexity index is 499. The molecule has 2 nitrogen and oxygen atoms in total. The molecule has 0 amide bonds. The van der Waals surface area contributed by atoms with Gasteiger partial charge in [0.05, 0.1) is 0 Å². The largest absolute Gasteiger partial charge is 0.326 e. The van der Waals surface area contributed by atoms with E-state index >= 15 is 0 Å². The Morgan fingerprint density at radius 3 is 2.58 bits per heavy atom. The number of anilines is 2. The summed E-state index contributed by atoms with van der Waals surface area (Å²) in [6.45, 7) is 3.17. The number of hydrogen-bond donors (Lipinski definition) is 0. The van der Waals surface area contributed by atoms with Crippen LogP contribution in [0.15, 0.2) is 48.7 Å². The van der Waals surface area contributed by atoms with Crippen LogP contribution in [-0.2, 0) is 6.42 Å². The smallest absolute Gasteiger partial charge is 0.132 e. The van der Waals surface area contributed by atoms with Crippen LogP contribution in [0.2, 0.25) is 0 Å². The van der Waals surface area contributed by atoms with Gasteiger partial charge in [0.2, 0.25) is 0 Å². The molecule has 0 radical (unpaired) electrons. The van der Waals surface area contributed by atoms with Crippen LogP contribution < -0.4 is 4.90 Å². The fourth-order valence-electron chi connectivity index (χ4n) is 2.16. The predicted molar refractivity (Wildman–Crippen MR) is 85.5 cm³/mol. The first kappa shape index (κ1) is 14.1. The molecule has 0 bridgehead atoms. The van der Waals surface area contributed by atoms with Crippen molar-refractivity contribution in [2.24, 2.45) is 0 Å². The highest BCUT2D eigenvalue weighted by molar-refractivity contribution is 9.09. The summed E-state index contributed by atoms with van der Waals surface area (Å²) < 4.78 is 0. The fraction of sp³-hybridized carbons (Fsp3) is 0.312. The second kappa shape index (κ2) is 7.29. The number of aryl methyl sites for hydroxylation is 1. The molecule has 0 spiro atoms. The average Bonchev–Trinajstić information content (AvgIpc) is 2.49. The van der Waals surface area contributed by atoms with Gasteiger partial charge in [0, 0.05) is 23.8 Å². The van der Waals surface area contributed by atoms with Crippen molar-refractivity contribution >= 4 is 27.4 Å². The number of benzene rings is 1. The van der Waals surface area contributed by atoms with E-state index in [0.717, 1.165) is 30.5 Å². The zero-order chi connectivity index (χ0) is 13.5. The van der Waals surface area contributed by atoms with Crippen LogP contribution in [0.4, 0.5) is 11.5 Å². The molecule has 1 aromatic carbocycles. The molecule has 3 heteroatoms. The van der Waals surface area contributed by atoms with Crippen molar-refractivity contribution in [3.8, 4) is 0 Å². The molecular formula is C16H19BrN2. The maximum absolute atomic E-state index is 4.49. The topological polar surface area (TPSA) is 16.1 Å². The van der Waals surface area contributed by atoms with Gasteiger partial charge in [0.1, 0.15) is 5.82 Å². The Balaban J connectivity index is 2.37. The lowest BCUT2D eigenvalue weighted by atomic mass is 10.1. The Labute approximate surface area is 123 Å². The summed E-state index contributed by atoms with van der Waals surface area (Å²) in [4.78, 5) is 6.80. The van der Waals surface area contributed by atoms with Crippen molar-refractivity contribution in [2.75, 3.05) is 16.8 Å². The molecular weight excluding hydrogens is 300 g/mol. The zero-order valence-electron chi connectivity index (χ0n) is 11.2. The van der Waals surface area contributed by atoms with E-state index in [9.17, 15) is 0 Å². The molecule has 0 saturated heterocycles. The van der Waals surface area contributed by atoms with Gasteiger partial charge in [-0.05, 0) is 36.6 Å². The summed E-state index contributed by atoms with van der Waals surface area (Å²) in [6, 6.07) is 14.6. The summed E-state index contributed by atoms with van der Waals surface area (Å²) in [7, 11) is 0. The Hall–Kier alpha value is -1.35. The quantitative estimate of drug-likeness (QED) is 0.725. The van der Waals surface area contributed by atoms with E-state index in [4.69, 9.17) is 0 Å². The first-order chi connectivity index (χ1) is 9.36. The van der Waals surface area contributed by atoms with Gasteiger partial charge in [-0.15, -0.1) is 0 Å². The van der Waals surface area contributed by atoms with Crippen LogP contribution in [0, 0.1) is 0 Å². The van der Waals surface area contributed by atoms with Crippen molar-refractivity contribution in [3.05, 3.63) is 54.2 Å². The van der Waals surface area contributed by atoms with E-state index in [1.807, 2.05) is 18.3 Å². The minimum atomic E-state index is 0.972. The number of alkyl halides is 1. The minimum Gasteiger partial charge on any atom is -0.326 e. The number of pyridine rings is 1. The first-order valence-corrected chi connectivity index (χ1v) is 7.81. The second-order valence-electron chi connectivity index (χ2n) is 4.36. The van der Waals surface area contributed by atoms with E-state index in [2.05, 4.69) is 63.1 Å². The van der Waals surface area contributed by atoms with Crippen molar-refractivity contribution in [1.29, 1.82) is 0 Å². The van der Waals surface area contributed by atoms with Gasteiger partial charge in [-0.1, -0.05) is 47.1 Å². The van der Waals surface area contributed by atoms with Crippen molar-refractivity contribution in [2.45, 2.75) is 19.8 Å². The predicted octanol–water partition coefficient (Wildman–Crippen LogP) is 4.57. The highest BCUT2D eigenvalue weighted by Crippen LogP contribution is 2.27. The third-order valence-corrected chi connectivity index (χ3v) is 3.67. The summed E-state index contributed by atoms with van der Waals surface area (Å²) in [5.41, 5.74) is 2.63. The number of para-hydroxylation sites is 1. The lowest BCUT2D eigenvalue weighted by Crippen LogP contribution is -2.21. The van der Waals surface area contributed by atoms with Crippen LogP contribution in [0.25, 0.3) is 0 Å². The molecule has 0 saturated carbocycles. The summed E-state index contributed by atoms with van der Waals surface area (Å²) >= 11 is 3.51. The number of hydrogen-bond acceptors (Lipinski definition) is 2. The lowest BCUT2D eigenvalue weighted by molar-refractivity contribution is 0.875. The average molecular weight is 319 g/mol. The zero-order valence-corrected chi connectivity index (χ0v) is 12.8. The third kappa shape index (κ3) is 3.57. The van der Waals surface area contributed by atoms with Gasteiger partial charge in [0.15, 0.2) is 0 Å². The highest BCUT2D eigenvalue weighted by Gasteiger charge is 2.12. The van der Waals surface area contributed by atoms with Crippen LogP contribution in [0.5, 0.6) is 0 Å². The van der Waals surface area contributed by atoms with Crippen molar-refractivity contribution in [1.82, 2.24) is 4.98 Å². The minimum absolute atomic E-state index is 0.972. The van der Waals surface area contributed by atoms with E-state index in [-0.39, 0.29) is 0 Å². The molecule has 0 N–H and O–H groups in total. The molecule has 1 aromatic heterocycles. The molecule has 0 unspecified atom stereocenters. The number of rotatable bonds is 6. The maximum Gasteiger partial charge on any atom is 0.132 e. The van der Waals surface area contributed by atoms with E-state index in [1.54, 1.807) is 0 Å². The van der Waals surface area contributed by atoms with Crippen LogP contribution in [-0.4, -0.2) is 16.9 Å². The van der Waals surface area contributed by atoms with E-state index < -0.39 is 0 Å². The third-order valence-electron chi connectivity index (χ3n) is 3.10. The van der Waals surface area contributed by atoms with E-state index in [0.29, 0.717) is 0 Å². The second-order valence-corrected chi connectivity index (χ2v) is 5.16. The van der Waals surface area contributed by atoms with Crippen LogP contribution in [0.3, 0.4) is 0 Å². The molecule has 2 rings (SSSR count). The van der Waals surface area contributed by atoms with Gasteiger partial charge in [0.25, 0.3) is 0 Å². The van der Waals surface area contributed by atoms with Gasteiger partial charge in [-0.3, -0.25) is 0 Å². The summed E-state index contributed by atoms with van der Waals surface area (Å²) in [5.74, 6) is 1.02. The van der Waals surface area contributed by atoms with Gasteiger partial charge in [-0.25, -0.2) is 4.98 Å². The molecule has 100 valence electrons. The lowest BCUT2D eigenvalue weighted by Gasteiger charge is -2.25. The molecule has 0 fully saturated rings. The molecule has 0 aliphatic heterocycles. The summed E-state index contributed by atoms with van der Waals surface area (Å²) in [5, 5.41) is 1.00. The normalized spacial score (nSPS) is 10.4. The standard InChI is InChI=1S/C16H19BrN2/c1-2-14-8-3-4-9-15(14)19(13-7-11-17)16-10-5-6-12-18-16/h3-6,8-10,12H,2,7,11,13H2,1H3. The number of aromatic nitrogens is 1. The van der Waals surface area contributed by atoms with Gasteiger partial charge < -0.3 is 4.90 Å². The highest BCUT2D eigenvalue weighted by atomic mass is 79.9. The van der Waals surface area contributed by atoms with Crippen LogP contribution in [0.1, 0.15) is 18.9 Å². The molecule has 19 heavy (non-hydrogen) atoms. The SMILES string of the molecule is CCc1ccccc1N(CCCBr)c1ccccn1. The fourth-order valence-corrected chi connectivity index (χ4v) is 2.41. The Morgan fingerprint density at radius 2 is 1.89 bits per heavy atom. The maximum atomic E-state index is 4.49. The van der Waals surface area contributed by atoms with Crippen molar-refractivity contribution < 1.29 is 0 Å². The molecule has 0 aliphatic rings. The monoisotopic (exact) mass is 318 g/mol. The molecule has 2 aromatic rings. The number of halogens is 1. The van der Waals surface area contributed by atoms with Gasteiger partial charge >= 0.3 is 0 Å². The number of nitrogens with zero attached hydrogens (tertiary/aromatic N) is 2. The van der Waals surface area contributed by atoms with Crippen LogP contribution >= 0.6 is 15.9 Å². The summed E-state index contributed by atoms with van der Waals surface area (Å²) in [6.07, 6.45) is 3.98. The molecule has 1 heterocycles. The van der Waals surface area contributed by atoms with Crippen molar-refractivity contribution in [3.63, 3.8) is 0 Å². The van der Waals surface area contributed by atoms with E-state index in [1.165, 1.54) is 11.3 Å².